The van der Waals surface area contributed by atoms with Gasteiger partial charge in [-0.25, -0.2) is 0 Å². The highest BCUT2D eigenvalue weighted by molar-refractivity contribution is 6.01. The Kier molecular flexibility index (Phi) is 4.60. The minimum Gasteiger partial charge on any atom is -0.346 e. The van der Waals surface area contributed by atoms with Crippen molar-refractivity contribution in [3.63, 3.8) is 0 Å². The van der Waals surface area contributed by atoms with Crippen molar-refractivity contribution in [3.8, 4) is 0 Å². The van der Waals surface area contributed by atoms with Crippen LogP contribution in [0.3, 0.4) is 0 Å². The molecule has 0 amide bonds. The van der Waals surface area contributed by atoms with Crippen molar-refractivity contribution in [2.45, 2.75) is 20.1 Å². The molecule has 1 aromatic carbocycles. The highest BCUT2D eigenvalue weighted by Crippen LogP contribution is 2.15. The summed E-state index contributed by atoms with van der Waals surface area (Å²) in [4.78, 5) is 16.5. The molecular formula is C15H17NO3. The molecule has 100 valence electrons. The number of aromatic nitrogens is 1. The first-order chi connectivity index (χ1) is 9.26. The normalized spacial score (nSPS) is 11.1. The second kappa shape index (κ2) is 6.41. The van der Waals surface area contributed by atoms with E-state index in [4.69, 9.17) is 9.47 Å². The fourth-order valence-electron chi connectivity index (χ4n) is 1.86. The quantitative estimate of drug-likeness (QED) is 0.591. The monoisotopic (exact) mass is 259 g/mol. The van der Waals surface area contributed by atoms with Crippen LogP contribution in [0.2, 0.25) is 0 Å². The number of Topliss-reactive ketones (excluding diaryl/α,β-unsaturated/α-hetero) is 1. The first-order valence-electron chi connectivity index (χ1n) is 6.38. The molecule has 1 aromatic heterocycles. The smallest absolute Gasteiger partial charge is 0.222 e. The Hall–Kier alpha value is -1.78. The fraction of sp³-hybridized carbons (Fsp3) is 0.333. The molecule has 0 unspecified atom stereocenters. The summed E-state index contributed by atoms with van der Waals surface area (Å²) in [7, 11) is 0. The van der Waals surface area contributed by atoms with Crippen LogP contribution < -0.4 is 0 Å². The van der Waals surface area contributed by atoms with Crippen LogP contribution in [-0.2, 0) is 9.47 Å². The maximum absolute atomic E-state index is 12.3. The predicted octanol–water partition coefficient (Wildman–Crippen LogP) is 2.82. The Morgan fingerprint density at radius 3 is 2.63 bits per heavy atom. The minimum atomic E-state index is -0.837. The van der Waals surface area contributed by atoms with Gasteiger partial charge in [-0.2, -0.15) is 0 Å². The van der Waals surface area contributed by atoms with E-state index in [1.807, 2.05) is 32.0 Å². The first kappa shape index (κ1) is 13.6. The number of hydrogen-bond acceptors (Lipinski definition) is 4. The van der Waals surface area contributed by atoms with Gasteiger partial charge in [-0.05, 0) is 26.0 Å². The van der Waals surface area contributed by atoms with Crippen LogP contribution in [0.15, 0.2) is 36.5 Å². The summed E-state index contributed by atoms with van der Waals surface area (Å²) in [5.74, 6) is -0.170. The lowest BCUT2D eigenvalue weighted by Gasteiger charge is -2.15. The van der Waals surface area contributed by atoms with Crippen molar-refractivity contribution < 1.29 is 14.3 Å². The van der Waals surface area contributed by atoms with E-state index in [9.17, 15) is 4.79 Å². The number of nitrogens with zero attached hydrogens (tertiary/aromatic N) is 1. The summed E-state index contributed by atoms with van der Waals surface area (Å²) in [6, 6.07) is 9.25. The highest BCUT2D eigenvalue weighted by atomic mass is 16.7. The number of carbonyl (C=O) groups excluding carboxylic acids is 1. The van der Waals surface area contributed by atoms with E-state index in [1.165, 1.54) is 0 Å². The van der Waals surface area contributed by atoms with Crippen LogP contribution in [0.1, 0.15) is 24.2 Å². The average molecular weight is 259 g/mol. The molecule has 4 nitrogen and oxygen atoms in total. The van der Waals surface area contributed by atoms with E-state index in [1.54, 1.807) is 18.3 Å². The minimum absolute atomic E-state index is 0.170. The number of pyridine rings is 1. The van der Waals surface area contributed by atoms with E-state index in [2.05, 4.69) is 4.98 Å². The Balaban J connectivity index is 2.29. The topological polar surface area (TPSA) is 48.4 Å². The summed E-state index contributed by atoms with van der Waals surface area (Å²) >= 11 is 0. The van der Waals surface area contributed by atoms with Crippen molar-refractivity contribution in [1.82, 2.24) is 4.98 Å². The lowest BCUT2D eigenvalue weighted by atomic mass is 10.1. The van der Waals surface area contributed by atoms with Gasteiger partial charge in [0.15, 0.2) is 0 Å². The van der Waals surface area contributed by atoms with Crippen LogP contribution in [-0.4, -0.2) is 30.3 Å². The number of ether oxygens (including phenoxy) is 2. The molecule has 0 aliphatic heterocycles. The molecule has 0 N–H and O–H groups in total. The molecule has 0 bridgehead atoms. The molecule has 4 heteroatoms. The zero-order valence-corrected chi connectivity index (χ0v) is 11.1. The van der Waals surface area contributed by atoms with Gasteiger partial charge in [0.05, 0.1) is 5.52 Å². The Labute approximate surface area is 112 Å². The number of ketones is 1. The van der Waals surface area contributed by atoms with Crippen molar-refractivity contribution in [2.75, 3.05) is 13.2 Å². The van der Waals surface area contributed by atoms with Gasteiger partial charge >= 0.3 is 0 Å². The molecule has 0 atom stereocenters. The van der Waals surface area contributed by atoms with Crippen molar-refractivity contribution >= 4 is 16.7 Å². The van der Waals surface area contributed by atoms with E-state index in [-0.39, 0.29) is 5.78 Å². The van der Waals surface area contributed by atoms with Crippen molar-refractivity contribution in [3.05, 3.63) is 42.1 Å². The summed E-state index contributed by atoms with van der Waals surface area (Å²) < 4.78 is 10.6. The molecule has 2 aromatic rings. The van der Waals surface area contributed by atoms with Gasteiger partial charge in [-0.3, -0.25) is 9.78 Å². The average Bonchev–Trinajstić information content (AvgIpc) is 2.46. The third kappa shape index (κ3) is 3.16. The van der Waals surface area contributed by atoms with Crippen LogP contribution in [0.25, 0.3) is 10.9 Å². The summed E-state index contributed by atoms with van der Waals surface area (Å²) in [6.45, 7) is 4.53. The van der Waals surface area contributed by atoms with E-state index >= 15 is 0 Å². The number of hydrogen-bond donors (Lipinski definition) is 0. The van der Waals surface area contributed by atoms with Crippen LogP contribution in [0, 0.1) is 0 Å². The molecule has 0 aliphatic rings. The molecule has 0 radical (unpaired) electrons. The van der Waals surface area contributed by atoms with Crippen molar-refractivity contribution in [1.29, 1.82) is 0 Å². The zero-order valence-electron chi connectivity index (χ0n) is 11.1. The molecule has 0 fully saturated rings. The molecule has 2 rings (SSSR count). The third-order valence-corrected chi connectivity index (χ3v) is 2.74. The highest BCUT2D eigenvalue weighted by Gasteiger charge is 2.20. The SMILES string of the molecule is CCOC(OCC)C(=O)c1ccc2cccnc2c1. The largest absolute Gasteiger partial charge is 0.346 e. The molecule has 0 spiro atoms. The zero-order chi connectivity index (χ0) is 13.7. The Morgan fingerprint density at radius 2 is 1.95 bits per heavy atom. The molecule has 19 heavy (non-hydrogen) atoms. The standard InChI is InChI=1S/C15H17NO3/c1-3-18-15(19-4-2)14(17)12-8-7-11-6-5-9-16-13(11)10-12/h5-10,15H,3-4H2,1-2H3. The van der Waals surface area contributed by atoms with Gasteiger partial charge in [0.2, 0.25) is 12.1 Å². The summed E-state index contributed by atoms with van der Waals surface area (Å²) in [5, 5.41) is 1.00. The van der Waals surface area contributed by atoms with Gasteiger partial charge in [-0.15, -0.1) is 0 Å². The molecule has 1 heterocycles. The Bertz CT molecular complexity index is 562. The lowest BCUT2D eigenvalue weighted by molar-refractivity contribution is -0.107. The first-order valence-corrected chi connectivity index (χ1v) is 6.38. The maximum Gasteiger partial charge on any atom is 0.222 e. The number of benzene rings is 1. The molecular weight excluding hydrogens is 242 g/mol. The van der Waals surface area contributed by atoms with Crippen LogP contribution in [0.5, 0.6) is 0 Å². The van der Waals surface area contributed by atoms with Crippen molar-refractivity contribution in [2.24, 2.45) is 0 Å². The van der Waals surface area contributed by atoms with E-state index in [0.29, 0.717) is 18.8 Å². The third-order valence-electron chi connectivity index (χ3n) is 2.74. The summed E-state index contributed by atoms with van der Waals surface area (Å²) in [6.07, 6.45) is 0.871. The number of carbonyl (C=O) groups is 1. The van der Waals surface area contributed by atoms with Crippen LogP contribution >= 0.6 is 0 Å². The maximum atomic E-state index is 12.3. The second-order valence-corrected chi connectivity index (χ2v) is 4.02. The van der Waals surface area contributed by atoms with Gasteiger partial charge in [-0.1, -0.05) is 18.2 Å². The Morgan fingerprint density at radius 1 is 1.21 bits per heavy atom. The van der Waals surface area contributed by atoms with E-state index < -0.39 is 6.29 Å². The van der Waals surface area contributed by atoms with Gasteiger partial charge in [0, 0.05) is 30.4 Å². The van der Waals surface area contributed by atoms with Gasteiger partial charge in [0.1, 0.15) is 0 Å². The van der Waals surface area contributed by atoms with E-state index in [0.717, 1.165) is 10.9 Å². The number of rotatable bonds is 6. The number of fused-ring (bicyclic) bond motifs is 1. The second-order valence-electron chi connectivity index (χ2n) is 4.02. The molecule has 0 aliphatic carbocycles. The summed E-state index contributed by atoms with van der Waals surface area (Å²) in [5.41, 5.74) is 1.35. The van der Waals surface area contributed by atoms with Crippen LogP contribution in [0.4, 0.5) is 0 Å². The predicted molar refractivity (Wildman–Crippen MR) is 73.1 cm³/mol. The molecule has 0 saturated heterocycles. The lowest BCUT2D eigenvalue weighted by Crippen LogP contribution is -2.27. The van der Waals surface area contributed by atoms with Gasteiger partial charge < -0.3 is 9.47 Å². The molecule has 0 saturated carbocycles. The van der Waals surface area contributed by atoms with Gasteiger partial charge in [0.25, 0.3) is 0 Å². The fourth-order valence-corrected chi connectivity index (χ4v) is 1.86.